The number of carbonyl (C=O) groups excluding carboxylic acids is 2. The second kappa shape index (κ2) is 6.99. The molecule has 25 heavy (non-hydrogen) atoms. The van der Waals surface area contributed by atoms with E-state index in [-0.39, 0.29) is 5.78 Å². The molecule has 2 amide bonds. The Morgan fingerprint density at radius 2 is 1.84 bits per heavy atom. The minimum absolute atomic E-state index is 0.162. The van der Waals surface area contributed by atoms with Crippen molar-refractivity contribution >= 4 is 23.4 Å². The number of hydrogen-bond acceptors (Lipinski definition) is 3. The highest BCUT2D eigenvalue weighted by Gasteiger charge is 2.39. The average molecular weight is 357 g/mol. The van der Waals surface area contributed by atoms with Crippen molar-refractivity contribution in [3.63, 3.8) is 0 Å². The van der Waals surface area contributed by atoms with Gasteiger partial charge in [0, 0.05) is 21.8 Å². The second-order valence-corrected chi connectivity index (χ2v) is 6.13. The molecule has 0 aromatic heterocycles. The Labute approximate surface area is 150 Å². The smallest absolute Gasteiger partial charge is 0.319 e. The number of amides is 2. The molecule has 1 saturated heterocycles. The molecule has 0 aliphatic carbocycles. The maximum absolute atomic E-state index is 13.1. The summed E-state index contributed by atoms with van der Waals surface area (Å²) in [6, 6.07) is 12.9. The Morgan fingerprint density at radius 3 is 2.52 bits per heavy atom. The number of hydrogen-bond donors (Lipinski definition) is 2. The molecule has 128 valence electrons. The number of rotatable bonds is 4. The quantitative estimate of drug-likeness (QED) is 0.820. The number of halogens is 1. The zero-order valence-corrected chi connectivity index (χ0v) is 14.3. The number of benzene rings is 2. The topological polar surface area (TPSA) is 67.4 Å². The van der Waals surface area contributed by atoms with Gasteiger partial charge in [-0.15, -0.1) is 0 Å². The largest absolute Gasteiger partial charge is 0.496 e. The minimum Gasteiger partial charge on any atom is -0.496 e. The summed E-state index contributed by atoms with van der Waals surface area (Å²) in [5.74, 6) is -0.239. The van der Waals surface area contributed by atoms with Crippen molar-refractivity contribution < 1.29 is 14.3 Å². The van der Waals surface area contributed by atoms with Crippen LogP contribution in [0, 0.1) is 5.92 Å². The van der Waals surface area contributed by atoms with Gasteiger partial charge in [-0.05, 0) is 30.3 Å². The summed E-state index contributed by atoms with van der Waals surface area (Å²) < 4.78 is 5.39. The lowest BCUT2D eigenvalue weighted by atomic mass is 9.83. The van der Waals surface area contributed by atoms with Crippen LogP contribution in [-0.4, -0.2) is 18.9 Å². The first-order valence-electron chi connectivity index (χ1n) is 7.70. The predicted molar refractivity (Wildman–Crippen MR) is 95.8 cm³/mol. The number of urea groups is 1. The van der Waals surface area contributed by atoms with E-state index in [1.165, 1.54) is 0 Å². The molecule has 2 N–H and O–H groups in total. The van der Waals surface area contributed by atoms with Gasteiger partial charge < -0.3 is 15.4 Å². The van der Waals surface area contributed by atoms with Crippen molar-refractivity contribution in [1.82, 2.24) is 10.6 Å². The third kappa shape index (κ3) is 3.37. The van der Waals surface area contributed by atoms with Gasteiger partial charge in [0.2, 0.25) is 0 Å². The van der Waals surface area contributed by atoms with Crippen molar-refractivity contribution in [2.24, 2.45) is 5.92 Å². The lowest BCUT2D eigenvalue weighted by Gasteiger charge is -2.34. The summed E-state index contributed by atoms with van der Waals surface area (Å²) in [4.78, 5) is 25.0. The second-order valence-electron chi connectivity index (χ2n) is 5.69. The first-order chi connectivity index (χ1) is 12.0. The fraction of sp³-hybridized carbons (Fsp3) is 0.158. The van der Waals surface area contributed by atoms with Crippen LogP contribution in [0.5, 0.6) is 5.75 Å². The highest BCUT2D eigenvalue weighted by Crippen LogP contribution is 2.36. The molecule has 2 atom stereocenters. The molecule has 0 radical (unpaired) electrons. The van der Waals surface area contributed by atoms with E-state index in [2.05, 4.69) is 17.2 Å². The van der Waals surface area contributed by atoms with Crippen LogP contribution >= 0.6 is 11.6 Å². The standard InChI is InChI=1S/C19H17ClN2O3/c1-11-16(18(23)12-7-9-13(20)10-8-12)17(22-19(24)21-11)14-5-3-4-6-15(14)25-2/h3-10,16-17H,1H2,2H3,(H2,21,22,24)/t16-,17+/m0/s1. The van der Waals surface area contributed by atoms with E-state index in [4.69, 9.17) is 16.3 Å². The van der Waals surface area contributed by atoms with Gasteiger partial charge in [-0.25, -0.2) is 4.79 Å². The maximum atomic E-state index is 13.1. The average Bonchev–Trinajstić information content (AvgIpc) is 2.61. The zero-order chi connectivity index (χ0) is 18.0. The van der Waals surface area contributed by atoms with Gasteiger partial charge in [0.15, 0.2) is 5.78 Å². The Kier molecular flexibility index (Phi) is 4.76. The predicted octanol–water partition coefficient (Wildman–Crippen LogP) is 3.72. The maximum Gasteiger partial charge on any atom is 0.319 e. The van der Waals surface area contributed by atoms with Gasteiger partial charge >= 0.3 is 6.03 Å². The molecule has 5 nitrogen and oxygen atoms in total. The fourth-order valence-electron chi connectivity index (χ4n) is 2.97. The van der Waals surface area contributed by atoms with Crippen molar-refractivity contribution in [1.29, 1.82) is 0 Å². The number of methoxy groups -OCH3 is 1. The van der Waals surface area contributed by atoms with Crippen LogP contribution in [0.25, 0.3) is 0 Å². The monoisotopic (exact) mass is 356 g/mol. The number of carbonyl (C=O) groups is 2. The summed E-state index contributed by atoms with van der Waals surface area (Å²) in [7, 11) is 1.55. The molecule has 1 aliphatic heterocycles. The summed E-state index contributed by atoms with van der Waals surface area (Å²) in [5.41, 5.74) is 1.56. The van der Waals surface area contributed by atoms with Gasteiger partial charge in [-0.2, -0.15) is 0 Å². The summed E-state index contributed by atoms with van der Waals surface area (Å²) in [6.45, 7) is 3.88. The van der Waals surface area contributed by atoms with Gasteiger partial charge in [0.25, 0.3) is 0 Å². The number of ether oxygens (including phenoxy) is 1. The Balaban J connectivity index is 2.04. The SMILES string of the molecule is C=C1NC(=O)N[C@H](c2ccccc2OC)[C@H]1C(=O)c1ccc(Cl)cc1. The van der Waals surface area contributed by atoms with Gasteiger partial charge in [0.05, 0.1) is 19.1 Å². The highest BCUT2D eigenvalue weighted by atomic mass is 35.5. The normalized spacial score (nSPS) is 19.8. The van der Waals surface area contributed by atoms with Crippen molar-refractivity contribution in [3.05, 3.63) is 77.0 Å². The lowest BCUT2D eigenvalue weighted by Crippen LogP contribution is -2.50. The van der Waals surface area contributed by atoms with Crippen LogP contribution in [0.2, 0.25) is 5.02 Å². The van der Waals surface area contributed by atoms with E-state index in [1.54, 1.807) is 37.4 Å². The lowest BCUT2D eigenvalue weighted by molar-refractivity contribution is 0.0904. The molecule has 3 rings (SSSR count). The number of Topliss-reactive ketones (excluding diaryl/α,β-unsaturated/α-hetero) is 1. The van der Waals surface area contributed by atoms with E-state index < -0.39 is 18.0 Å². The van der Waals surface area contributed by atoms with E-state index in [9.17, 15) is 9.59 Å². The zero-order valence-electron chi connectivity index (χ0n) is 13.6. The third-order valence-electron chi connectivity index (χ3n) is 4.15. The van der Waals surface area contributed by atoms with Crippen molar-refractivity contribution in [2.45, 2.75) is 6.04 Å². The van der Waals surface area contributed by atoms with E-state index in [0.29, 0.717) is 27.6 Å². The third-order valence-corrected chi connectivity index (χ3v) is 4.41. The molecule has 0 bridgehead atoms. The van der Waals surface area contributed by atoms with Crippen molar-refractivity contribution in [2.75, 3.05) is 7.11 Å². The summed E-state index contributed by atoms with van der Waals surface area (Å²) in [5, 5.41) is 5.96. The van der Waals surface area contributed by atoms with E-state index >= 15 is 0 Å². The molecule has 1 aliphatic rings. The van der Waals surface area contributed by atoms with Crippen LogP contribution in [0.4, 0.5) is 4.79 Å². The molecule has 1 heterocycles. The summed E-state index contributed by atoms with van der Waals surface area (Å²) >= 11 is 5.90. The van der Waals surface area contributed by atoms with Gasteiger partial charge in [0.1, 0.15) is 5.75 Å². The number of para-hydroxylation sites is 1. The van der Waals surface area contributed by atoms with Crippen LogP contribution in [0.3, 0.4) is 0 Å². The Morgan fingerprint density at radius 1 is 1.16 bits per heavy atom. The van der Waals surface area contributed by atoms with Crippen LogP contribution in [0.1, 0.15) is 22.0 Å². The van der Waals surface area contributed by atoms with E-state index in [0.717, 1.165) is 0 Å². The molecular formula is C19H17ClN2O3. The van der Waals surface area contributed by atoms with Crippen LogP contribution < -0.4 is 15.4 Å². The molecule has 2 aromatic carbocycles. The molecule has 0 saturated carbocycles. The molecule has 0 spiro atoms. The number of ketones is 1. The molecule has 0 unspecified atom stereocenters. The minimum atomic E-state index is -0.671. The highest BCUT2D eigenvalue weighted by molar-refractivity contribution is 6.30. The molecular weight excluding hydrogens is 340 g/mol. The molecule has 6 heteroatoms. The first kappa shape index (κ1) is 17.0. The van der Waals surface area contributed by atoms with Crippen molar-refractivity contribution in [3.8, 4) is 5.75 Å². The van der Waals surface area contributed by atoms with Crippen LogP contribution in [-0.2, 0) is 0 Å². The van der Waals surface area contributed by atoms with Gasteiger partial charge in [-0.3, -0.25) is 4.79 Å². The first-order valence-corrected chi connectivity index (χ1v) is 8.08. The van der Waals surface area contributed by atoms with Crippen LogP contribution in [0.15, 0.2) is 60.8 Å². The molecule has 1 fully saturated rings. The fourth-order valence-corrected chi connectivity index (χ4v) is 3.10. The summed E-state index contributed by atoms with van der Waals surface area (Å²) in [6.07, 6.45) is 0. The number of nitrogens with one attached hydrogen (secondary N) is 2. The van der Waals surface area contributed by atoms with E-state index in [1.807, 2.05) is 18.2 Å². The van der Waals surface area contributed by atoms with Gasteiger partial charge in [-0.1, -0.05) is 36.4 Å². The molecule has 2 aromatic rings. The Hall–Kier alpha value is -2.79. The Bertz CT molecular complexity index is 833.